The molecular weight excluding hydrogens is 306 g/mol. The second-order valence-corrected chi connectivity index (χ2v) is 5.61. The Labute approximate surface area is 132 Å². The van der Waals surface area contributed by atoms with Crippen LogP contribution in [0, 0.1) is 0 Å². The van der Waals surface area contributed by atoms with Crippen molar-refractivity contribution in [1.29, 1.82) is 0 Å². The molecule has 1 fully saturated rings. The van der Waals surface area contributed by atoms with E-state index in [0.29, 0.717) is 22.5 Å². The predicted molar refractivity (Wildman–Crippen MR) is 83.3 cm³/mol. The molecule has 0 saturated heterocycles. The second-order valence-electron chi connectivity index (χ2n) is 5.17. The Balaban J connectivity index is 1.75. The van der Waals surface area contributed by atoms with Crippen molar-refractivity contribution in [2.75, 3.05) is 17.7 Å². The van der Waals surface area contributed by atoms with Gasteiger partial charge in [0.25, 0.3) is 5.91 Å². The lowest BCUT2D eigenvalue weighted by atomic mass is 10.2. The maximum Gasteiger partial charge on any atom is 0.277 e. The van der Waals surface area contributed by atoms with Crippen molar-refractivity contribution in [3.05, 3.63) is 40.7 Å². The molecule has 6 nitrogen and oxygen atoms in total. The van der Waals surface area contributed by atoms with Gasteiger partial charge in [-0.05, 0) is 31.0 Å². The van der Waals surface area contributed by atoms with Crippen LogP contribution in [0.25, 0.3) is 0 Å². The molecule has 2 N–H and O–H groups in total. The molecule has 1 heterocycles. The summed E-state index contributed by atoms with van der Waals surface area (Å²) in [4.78, 5) is 12.3. The Kier molecular flexibility index (Phi) is 4.31. The van der Waals surface area contributed by atoms with Crippen LogP contribution in [0.15, 0.2) is 28.8 Å². The van der Waals surface area contributed by atoms with E-state index in [4.69, 9.17) is 20.9 Å². The molecule has 22 heavy (non-hydrogen) atoms. The third-order valence-electron chi connectivity index (χ3n) is 3.24. The number of ether oxygens (including phenoxy) is 1. The first-order chi connectivity index (χ1) is 10.7. The van der Waals surface area contributed by atoms with Gasteiger partial charge in [0, 0.05) is 24.2 Å². The predicted octanol–water partition coefficient (Wildman–Crippen LogP) is 3.30. The van der Waals surface area contributed by atoms with Crippen LogP contribution in [0.5, 0.6) is 0 Å². The zero-order valence-corrected chi connectivity index (χ0v) is 12.8. The van der Waals surface area contributed by atoms with Gasteiger partial charge in [-0.15, -0.1) is 0 Å². The van der Waals surface area contributed by atoms with Gasteiger partial charge in [-0.2, -0.15) is 0 Å². The molecule has 7 heteroatoms. The molecular formula is C15H16ClN3O3. The van der Waals surface area contributed by atoms with Gasteiger partial charge < -0.3 is 19.9 Å². The van der Waals surface area contributed by atoms with E-state index in [1.807, 2.05) is 6.07 Å². The highest BCUT2D eigenvalue weighted by Gasteiger charge is 2.22. The maximum atomic E-state index is 12.3. The van der Waals surface area contributed by atoms with Gasteiger partial charge in [-0.25, -0.2) is 0 Å². The van der Waals surface area contributed by atoms with Gasteiger partial charge in [-0.1, -0.05) is 16.8 Å². The summed E-state index contributed by atoms with van der Waals surface area (Å²) >= 11 is 6.01. The number of hydrogen-bond acceptors (Lipinski definition) is 5. The van der Waals surface area contributed by atoms with Crippen LogP contribution < -0.4 is 10.6 Å². The SMILES string of the molecule is COCc1cc(C(=O)Nc2cc(Cl)ccc2NC2CC2)no1. The first-order valence-electron chi connectivity index (χ1n) is 6.97. The van der Waals surface area contributed by atoms with Crippen LogP contribution in [-0.4, -0.2) is 24.2 Å². The van der Waals surface area contributed by atoms with Gasteiger partial charge in [0.1, 0.15) is 6.61 Å². The molecule has 3 rings (SSSR count). The summed E-state index contributed by atoms with van der Waals surface area (Å²) in [6, 6.07) is 7.37. The number of anilines is 2. The van der Waals surface area contributed by atoms with Crippen LogP contribution in [0.4, 0.5) is 11.4 Å². The van der Waals surface area contributed by atoms with Crippen molar-refractivity contribution in [2.45, 2.75) is 25.5 Å². The topological polar surface area (TPSA) is 76.4 Å². The van der Waals surface area contributed by atoms with E-state index < -0.39 is 0 Å². The molecule has 2 aromatic rings. The van der Waals surface area contributed by atoms with E-state index in [1.54, 1.807) is 25.3 Å². The minimum atomic E-state index is -0.354. The molecule has 0 atom stereocenters. The Morgan fingerprint density at radius 2 is 2.23 bits per heavy atom. The maximum absolute atomic E-state index is 12.3. The number of benzene rings is 1. The third-order valence-corrected chi connectivity index (χ3v) is 3.48. The number of carbonyl (C=O) groups excluding carboxylic acids is 1. The highest BCUT2D eigenvalue weighted by Crippen LogP contribution is 2.31. The molecule has 0 aliphatic heterocycles. The molecule has 1 saturated carbocycles. The van der Waals surface area contributed by atoms with E-state index in [1.165, 1.54) is 0 Å². The number of nitrogens with zero attached hydrogens (tertiary/aromatic N) is 1. The summed E-state index contributed by atoms with van der Waals surface area (Å²) in [5.41, 5.74) is 1.67. The first kappa shape index (κ1) is 14.9. The molecule has 0 radical (unpaired) electrons. The number of amides is 1. The largest absolute Gasteiger partial charge is 0.381 e. The van der Waals surface area contributed by atoms with Crippen molar-refractivity contribution in [3.8, 4) is 0 Å². The van der Waals surface area contributed by atoms with Crippen molar-refractivity contribution in [2.24, 2.45) is 0 Å². The summed E-state index contributed by atoms with van der Waals surface area (Å²) < 4.78 is 9.95. The van der Waals surface area contributed by atoms with Gasteiger partial charge >= 0.3 is 0 Å². The molecule has 1 aliphatic carbocycles. The fraction of sp³-hybridized carbons (Fsp3) is 0.333. The average molecular weight is 322 g/mol. The zero-order chi connectivity index (χ0) is 15.5. The fourth-order valence-electron chi connectivity index (χ4n) is 2.01. The number of rotatable bonds is 6. The lowest BCUT2D eigenvalue weighted by Gasteiger charge is -2.12. The summed E-state index contributed by atoms with van der Waals surface area (Å²) in [7, 11) is 1.55. The van der Waals surface area contributed by atoms with Crippen LogP contribution in [0.3, 0.4) is 0 Å². The number of aromatic nitrogens is 1. The standard InChI is InChI=1S/C15H16ClN3O3/c1-21-8-11-7-14(19-22-11)15(20)18-13-6-9(16)2-5-12(13)17-10-3-4-10/h2,5-7,10,17H,3-4,8H2,1H3,(H,18,20). The van der Waals surface area contributed by atoms with Gasteiger partial charge in [0.2, 0.25) is 0 Å². The van der Waals surface area contributed by atoms with Gasteiger partial charge in [0.05, 0.1) is 11.4 Å². The van der Waals surface area contributed by atoms with Gasteiger partial charge in [-0.3, -0.25) is 4.79 Å². The highest BCUT2D eigenvalue weighted by molar-refractivity contribution is 6.31. The summed E-state index contributed by atoms with van der Waals surface area (Å²) in [5.74, 6) is 0.141. The van der Waals surface area contributed by atoms with Crippen molar-refractivity contribution in [1.82, 2.24) is 5.16 Å². The average Bonchev–Trinajstić information content (AvgIpc) is 3.18. The summed E-state index contributed by atoms with van der Waals surface area (Å²) in [5, 5.41) is 10.5. The smallest absolute Gasteiger partial charge is 0.277 e. The lowest BCUT2D eigenvalue weighted by Crippen LogP contribution is -2.14. The van der Waals surface area contributed by atoms with Crippen molar-refractivity contribution in [3.63, 3.8) is 0 Å². The summed E-state index contributed by atoms with van der Waals surface area (Å²) in [6.07, 6.45) is 2.28. The van der Waals surface area contributed by atoms with Crippen LogP contribution in [0.2, 0.25) is 5.02 Å². The molecule has 0 spiro atoms. The van der Waals surface area contributed by atoms with E-state index in [0.717, 1.165) is 18.5 Å². The minimum absolute atomic E-state index is 0.199. The lowest BCUT2D eigenvalue weighted by molar-refractivity contribution is 0.101. The number of carbonyl (C=O) groups is 1. The van der Waals surface area contributed by atoms with E-state index in [2.05, 4.69) is 15.8 Å². The van der Waals surface area contributed by atoms with E-state index in [-0.39, 0.29) is 18.2 Å². The zero-order valence-electron chi connectivity index (χ0n) is 12.1. The van der Waals surface area contributed by atoms with E-state index >= 15 is 0 Å². The number of nitrogens with one attached hydrogen (secondary N) is 2. The second kappa shape index (κ2) is 6.37. The van der Waals surface area contributed by atoms with Crippen molar-refractivity contribution < 1.29 is 14.1 Å². The Morgan fingerprint density at radius 3 is 2.95 bits per heavy atom. The molecule has 0 unspecified atom stereocenters. The van der Waals surface area contributed by atoms with Gasteiger partial charge in [0.15, 0.2) is 11.5 Å². The van der Waals surface area contributed by atoms with Crippen molar-refractivity contribution >= 4 is 28.9 Å². The number of methoxy groups -OCH3 is 1. The number of halogens is 1. The highest BCUT2D eigenvalue weighted by atomic mass is 35.5. The normalized spacial score (nSPS) is 13.9. The molecule has 1 amide bonds. The molecule has 116 valence electrons. The summed E-state index contributed by atoms with van der Waals surface area (Å²) in [6.45, 7) is 0.270. The van der Waals surface area contributed by atoms with Crippen LogP contribution >= 0.6 is 11.6 Å². The minimum Gasteiger partial charge on any atom is -0.381 e. The monoisotopic (exact) mass is 321 g/mol. The van der Waals surface area contributed by atoms with E-state index in [9.17, 15) is 4.79 Å². The van der Waals surface area contributed by atoms with Crippen LogP contribution in [0.1, 0.15) is 29.1 Å². The third kappa shape index (κ3) is 3.58. The first-order valence-corrected chi connectivity index (χ1v) is 7.35. The molecule has 0 bridgehead atoms. The Morgan fingerprint density at radius 1 is 1.41 bits per heavy atom. The fourth-order valence-corrected chi connectivity index (χ4v) is 2.18. The Bertz CT molecular complexity index is 682. The molecule has 1 aliphatic rings. The quantitative estimate of drug-likeness (QED) is 0.853. The van der Waals surface area contributed by atoms with Crippen LogP contribution in [-0.2, 0) is 11.3 Å². The Hall–Kier alpha value is -2.05. The molecule has 1 aromatic heterocycles. The number of hydrogen-bond donors (Lipinski definition) is 2. The molecule has 1 aromatic carbocycles.